The van der Waals surface area contributed by atoms with Crippen LogP contribution in [0.15, 0.2) is 51.3 Å². The predicted molar refractivity (Wildman–Crippen MR) is 94.6 cm³/mol. The summed E-state index contributed by atoms with van der Waals surface area (Å²) in [7, 11) is 0. The zero-order valence-electron chi connectivity index (χ0n) is 13.1. The van der Waals surface area contributed by atoms with Crippen molar-refractivity contribution in [3.05, 3.63) is 58.3 Å². The summed E-state index contributed by atoms with van der Waals surface area (Å²) in [5.41, 5.74) is 1.98. The van der Waals surface area contributed by atoms with Gasteiger partial charge in [-0.2, -0.15) is 0 Å². The van der Waals surface area contributed by atoms with Crippen LogP contribution < -0.4 is 10.9 Å². The number of fused-ring (bicyclic) bond motifs is 2. The molecule has 0 fully saturated rings. The molecule has 3 aromatic heterocycles. The van der Waals surface area contributed by atoms with Crippen molar-refractivity contribution in [2.24, 2.45) is 0 Å². The first-order valence-corrected chi connectivity index (χ1v) is 8.62. The minimum absolute atomic E-state index is 0.0623. The van der Waals surface area contributed by atoms with Crippen molar-refractivity contribution in [2.75, 3.05) is 6.54 Å². The lowest BCUT2D eigenvalue weighted by Crippen LogP contribution is -2.33. The highest BCUT2D eigenvalue weighted by Gasteiger charge is 2.10. The van der Waals surface area contributed by atoms with Crippen LogP contribution in [0.2, 0.25) is 0 Å². The van der Waals surface area contributed by atoms with E-state index in [2.05, 4.69) is 15.3 Å². The molecule has 0 radical (unpaired) electrons. The van der Waals surface area contributed by atoms with Gasteiger partial charge < -0.3 is 9.73 Å². The molecule has 1 aromatic carbocycles. The van der Waals surface area contributed by atoms with E-state index in [4.69, 9.17) is 4.42 Å². The fourth-order valence-electron chi connectivity index (χ4n) is 2.54. The van der Waals surface area contributed by atoms with Gasteiger partial charge >= 0.3 is 0 Å². The number of carbonyl (C=O) groups excluding carboxylic acids is 1. The van der Waals surface area contributed by atoms with Gasteiger partial charge in [0.05, 0.1) is 11.8 Å². The second kappa shape index (κ2) is 6.48. The van der Waals surface area contributed by atoms with Crippen LogP contribution in [0.5, 0.6) is 0 Å². The van der Waals surface area contributed by atoms with Crippen molar-refractivity contribution in [3.63, 3.8) is 0 Å². The van der Waals surface area contributed by atoms with Crippen molar-refractivity contribution in [2.45, 2.75) is 13.0 Å². The van der Waals surface area contributed by atoms with Crippen LogP contribution in [0, 0.1) is 0 Å². The molecule has 0 atom stereocenters. The average molecular weight is 354 g/mol. The maximum absolute atomic E-state index is 12.2. The minimum Gasteiger partial charge on any atom is -0.441 e. The molecule has 0 aliphatic carbocycles. The molecular formula is C17H14N4O3S. The molecule has 8 heteroatoms. The molecule has 126 valence electrons. The molecule has 0 saturated heterocycles. The third-order valence-electron chi connectivity index (χ3n) is 3.75. The van der Waals surface area contributed by atoms with Crippen molar-refractivity contribution < 1.29 is 9.21 Å². The summed E-state index contributed by atoms with van der Waals surface area (Å²) in [6, 6.07) is 9.29. The van der Waals surface area contributed by atoms with Gasteiger partial charge in [-0.25, -0.2) is 9.97 Å². The van der Waals surface area contributed by atoms with Crippen molar-refractivity contribution in [1.82, 2.24) is 19.9 Å². The Morgan fingerprint density at radius 3 is 3.00 bits per heavy atom. The van der Waals surface area contributed by atoms with Crippen molar-refractivity contribution in [1.29, 1.82) is 0 Å². The summed E-state index contributed by atoms with van der Waals surface area (Å²) in [5, 5.41) is 4.58. The molecule has 1 N–H and O–H groups in total. The lowest BCUT2D eigenvalue weighted by molar-refractivity contribution is -0.121. The molecule has 0 aliphatic heterocycles. The molecule has 0 unspecified atom stereocenters. The Labute approximate surface area is 145 Å². The van der Waals surface area contributed by atoms with E-state index < -0.39 is 0 Å². The van der Waals surface area contributed by atoms with Gasteiger partial charge in [0.2, 0.25) is 5.91 Å². The van der Waals surface area contributed by atoms with E-state index in [1.165, 1.54) is 22.2 Å². The van der Waals surface area contributed by atoms with E-state index in [1.807, 2.05) is 29.6 Å². The molecule has 0 aliphatic rings. The Hall–Kier alpha value is -3.00. The second-order valence-corrected chi connectivity index (χ2v) is 6.40. The first kappa shape index (κ1) is 15.5. The first-order valence-electron chi connectivity index (χ1n) is 7.74. The number of nitrogens with one attached hydrogen (secondary N) is 1. The quantitative estimate of drug-likeness (QED) is 0.592. The number of thiophene rings is 1. The SMILES string of the molecule is O=C(Cn1cnc2ccsc2c1=O)NCCc1nc2ccccc2o1. The van der Waals surface area contributed by atoms with Gasteiger partial charge in [-0.3, -0.25) is 14.2 Å². The highest BCUT2D eigenvalue weighted by molar-refractivity contribution is 7.17. The number of hydrogen-bond donors (Lipinski definition) is 1. The summed E-state index contributed by atoms with van der Waals surface area (Å²) in [6.45, 7) is 0.322. The van der Waals surface area contributed by atoms with Crippen LogP contribution in [-0.4, -0.2) is 27.0 Å². The van der Waals surface area contributed by atoms with Crippen LogP contribution in [0.4, 0.5) is 0 Å². The van der Waals surface area contributed by atoms with Crippen LogP contribution >= 0.6 is 11.3 Å². The molecule has 0 spiro atoms. The Balaban J connectivity index is 1.37. The molecule has 0 saturated carbocycles. The molecule has 0 bridgehead atoms. The Bertz CT molecular complexity index is 1080. The predicted octanol–water partition coefficient (Wildman–Crippen LogP) is 1.96. The lowest BCUT2D eigenvalue weighted by Gasteiger charge is -2.06. The van der Waals surface area contributed by atoms with Gasteiger partial charge in [0, 0.05) is 13.0 Å². The molecule has 25 heavy (non-hydrogen) atoms. The zero-order chi connectivity index (χ0) is 17.2. The molecule has 7 nitrogen and oxygen atoms in total. The number of rotatable bonds is 5. The smallest absolute Gasteiger partial charge is 0.271 e. The van der Waals surface area contributed by atoms with E-state index in [-0.39, 0.29) is 18.0 Å². The number of carbonyl (C=O) groups is 1. The molecule has 1 amide bonds. The van der Waals surface area contributed by atoms with Crippen LogP contribution in [0.25, 0.3) is 21.3 Å². The highest BCUT2D eigenvalue weighted by Crippen LogP contribution is 2.15. The molecule has 3 heterocycles. The molecule has 4 rings (SSSR count). The number of amides is 1. The largest absolute Gasteiger partial charge is 0.441 e. The van der Waals surface area contributed by atoms with Gasteiger partial charge in [0.25, 0.3) is 5.56 Å². The number of hydrogen-bond acceptors (Lipinski definition) is 6. The summed E-state index contributed by atoms with van der Waals surface area (Å²) < 4.78 is 7.47. The third kappa shape index (κ3) is 3.16. The standard InChI is InChI=1S/C17H14N4O3S/c22-14(9-21-10-19-12-6-8-25-16(12)17(21)23)18-7-5-15-20-11-3-1-2-4-13(11)24-15/h1-4,6,8,10H,5,7,9H2,(H,18,22). The van der Waals surface area contributed by atoms with Crippen molar-refractivity contribution in [3.8, 4) is 0 Å². The van der Waals surface area contributed by atoms with E-state index in [1.54, 1.807) is 6.07 Å². The third-order valence-corrected chi connectivity index (χ3v) is 4.64. The maximum Gasteiger partial charge on any atom is 0.271 e. The van der Waals surface area contributed by atoms with E-state index >= 15 is 0 Å². The Morgan fingerprint density at radius 1 is 1.24 bits per heavy atom. The van der Waals surface area contributed by atoms with Gasteiger partial charge in [0.1, 0.15) is 16.8 Å². The van der Waals surface area contributed by atoms with Gasteiger partial charge in [-0.15, -0.1) is 11.3 Å². The topological polar surface area (TPSA) is 90.0 Å². The summed E-state index contributed by atoms with van der Waals surface area (Å²) in [6.07, 6.45) is 1.88. The van der Waals surface area contributed by atoms with E-state index in [0.717, 1.165) is 11.1 Å². The summed E-state index contributed by atoms with van der Waals surface area (Å²) in [4.78, 5) is 32.8. The highest BCUT2D eigenvalue weighted by atomic mass is 32.1. The number of oxazole rings is 1. The number of aromatic nitrogens is 3. The maximum atomic E-state index is 12.2. The lowest BCUT2D eigenvalue weighted by atomic mass is 10.3. The first-order chi connectivity index (χ1) is 12.2. The van der Waals surface area contributed by atoms with Crippen LogP contribution in [0.1, 0.15) is 5.89 Å². The Kier molecular flexibility index (Phi) is 4.02. The minimum atomic E-state index is -0.254. The van der Waals surface area contributed by atoms with Gasteiger partial charge in [-0.05, 0) is 23.6 Å². The monoisotopic (exact) mass is 354 g/mol. The normalized spacial score (nSPS) is 11.2. The number of benzene rings is 1. The average Bonchev–Trinajstić information content (AvgIpc) is 3.24. The molecule has 4 aromatic rings. The molecular weight excluding hydrogens is 340 g/mol. The fraction of sp³-hybridized carbons (Fsp3) is 0.176. The van der Waals surface area contributed by atoms with E-state index in [0.29, 0.717) is 29.1 Å². The van der Waals surface area contributed by atoms with Gasteiger partial charge in [-0.1, -0.05) is 12.1 Å². The van der Waals surface area contributed by atoms with Crippen LogP contribution in [-0.2, 0) is 17.8 Å². The summed E-state index contributed by atoms with van der Waals surface area (Å²) >= 11 is 1.32. The van der Waals surface area contributed by atoms with Crippen LogP contribution in [0.3, 0.4) is 0 Å². The second-order valence-electron chi connectivity index (χ2n) is 5.49. The number of nitrogens with zero attached hydrogens (tertiary/aromatic N) is 3. The van der Waals surface area contributed by atoms with E-state index in [9.17, 15) is 9.59 Å². The fourth-order valence-corrected chi connectivity index (χ4v) is 3.33. The van der Waals surface area contributed by atoms with Crippen molar-refractivity contribution >= 4 is 38.6 Å². The Morgan fingerprint density at radius 2 is 2.12 bits per heavy atom. The number of para-hydroxylation sites is 2. The van der Waals surface area contributed by atoms with Gasteiger partial charge in [0.15, 0.2) is 11.5 Å². The zero-order valence-corrected chi connectivity index (χ0v) is 14.0. The summed E-state index contributed by atoms with van der Waals surface area (Å²) in [5.74, 6) is 0.316.